The van der Waals surface area contributed by atoms with Crippen molar-refractivity contribution in [2.24, 2.45) is 5.41 Å². The van der Waals surface area contributed by atoms with Gasteiger partial charge in [0.05, 0.1) is 87.3 Å². The summed E-state index contributed by atoms with van der Waals surface area (Å²) in [5, 5.41) is 0. The van der Waals surface area contributed by atoms with Crippen LogP contribution in [0.5, 0.6) is 0 Å². The highest BCUT2D eigenvalue weighted by Gasteiger charge is 2.33. The Morgan fingerprint density at radius 3 is 1.00 bits per heavy atom. The van der Waals surface area contributed by atoms with Crippen LogP contribution in [0.4, 0.5) is 0 Å². The lowest BCUT2D eigenvalue weighted by atomic mass is 9.92. The Morgan fingerprint density at radius 2 is 0.692 bits per heavy atom. The number of rotatable bonds is 28. The van der Waals surface area contributed by atoms with Crippen LogP contribution in [-0.2, 0) is 18.9 Å². The lowest BCUT2D eigenvalue weighted by Crippen LogP contribution is -3.00. The quantitative estimate of drug-likeness (QED) is 0.0646. The third-order valence-electron chi connectivity index (χ3n) is 6.73. The largest absolute Gasteiger partial charge is 1.00 e. The average Bonchev–Trinajstić information content (AvgIpc) is 2.81. The zero-order valence-electron chi connectivity index (χ0n) is 27.3. The molecule has 0 aromatic rings. The number of likely N-dealkylation sites (N-methyl/N-ethyl adjacent to an activating group) is 2. The number of nitrogens with zero attached hydrogens (tertiary/aromatic N) is 2. The maximum absolute atomic E-state index is 6.28. The van der Waals surface area contributed by atoms with Gasteiger partial charge in [-0.05, 0) is 12.8 Å². The van der Waals surface area contributed by atoms with Crippen molar-refractivity contribution in [3.05, 3.63) is 0 Å². The van der Waals surface area contributed by atoms with E-state index in [0.717, 1.165) is 61.3 Å². The normalized spacial score (nSPS) is 12.3. The fourth-order valence-corrected chi connectivity index (χ4v) is 4.05. The van der Waals surface area contributed by atoms with Crippen LogP contribution in [0, 0.1) is 5.41 Å². The highest BCUT2D eigenvalue weighted by molar-refractivity contribution is 4.79. The molecule has 0 unspecified atom stereocenters. The predicted molar refractivity (Wildman–Crippen MR) is 158 cm³/mol. The van der Waals surface area contributed by atoms with E-state index >= 15 is 0 Å². The van der Waals surface area contributed by atoms with Crippen LogP contribution in [0.3, 0.4) is 0 Å². The number of unbranched alkanes of at least 4 members (excludes halogenated alkanes) is 10. The zero-order valence-corrected chi connectivity index (χ0v) is 31.7. The monoisotopic (exact) mass is 786 g/mol. The fourth-order valence-electron chi connectivity index (χ4n) is 4.05. The van der Waals surface area contributed by atoms with Crippen LogP contribution in [0.25, 0.3) is 0 Å². The molecule has 0 aliphatic rings. The van der Waals surface area contributed by atoms with Crippen molar-refractivity contribution >= 4 is 0 Å². The van der Waals surface area contributed by atoms with Gasteiger partial charge in [-0.3, -0.25) is 0 Å². The molecule has 240 valence electrons. The van der Waals surface area contributed by atoms with Crippen molar-refractivity contribution in [3.8, 4) is 0 Å². The average molecular weight is 787 g/mol. The van der Waals surface area contributed by atoms with Crippen molar-refractivity contribution < 1.29 is 75.9 Å². The van der Waals surface area contributed by atoms with Gasteiger partial charge >= 0.3 is 0 Å². The molecule has 0 aliphatic carbocycles. The first-order valence-electron chi connectivity index (χ1n) is 15.5. The summed E-state index contributed by atoms with van der Waals surface area (Å²) in [6.07, 6.45) is 15.3. The van der Waals surface area contributed by atoms with Gasteiger partial charge in [0.15, 0.2) is 0 Å². The molecule has 0 aromatic carbocycles. The molecule has 0 heterocycles. The second-order valence-corrected chi connectivity index (χ2v) is 13.3. The maximum Gasteiger partial charge on any atom is 0.102 e. The maximum atomic E-state index is 6.28. The molecule has 6 nitrogen and oxygen atoms in total. The fraction of sp³-hybridized carbons (Fsp3) is 1.00. The van der Waals surface area contributed by atoms with E-state index in [1.165, 1.54) is 64.2 Å². The Labute approximate surface area is 278 Å². The molecule has 0 saturated heterocycles. The van der Waals surface area contributed by atoms with Crippen molar-refractivity contribution in [2.75, 3.05) is 108 Å². The van der Waals surface area contributed by atoms with Gasteiger partial charge in [-0.1, -0.05) is 78.1 Å². The lowest BCUT2D eigenvalue weighted by molar-refractivity contribution is -0.870. The van der Waals surface area contributed by atoms with E-state index in [9.17, 15) is 0 Å². The SMILES string of the molecule is CCCCCCCCOCC(COCCCCCCCC)(COCC[N+](C)(C)C)COCC[N+](C)(C)C.[I-].[I-]. The molecule has 0 saturated carbocycles. The number of hydrogen-bond donors (Lipinski definition) is 0. The molecule has 0 rings (SSSR count). The van der Waals surface area contributed by atoms with Crippen molar-refractivity contribution in [1.29, 1.82) is 0 Å². The number of hydrogen-bond acceptors (Lipinski definition) is 4. The third kappa shape index (κ3) is 32.0. The van der Waals surface area contributed by atoms with E-state index in [1.54, 1.807) is 0 Å². The van der Waals surface area contributed by atoms with Crippen LogP contribution in [0.15, 0.2) is 0 Å². The van der Waals surface area contributed by atoms with Crippen LogP contribution < -0.4 is 48.0 Å². The van der Waals surface area contributed by atoms with E-state index < -0.39 is 0 Å². The van der Waals surface area contributed by atoms with E-state index in [4.69, 9.17) is 18.9 Å². The van der Waals surface area contributed by atoms with Gasteiger partial charge in [-0.15, -0.1) is 0 Å². The zero-order chi connectivity index (χ0) is 27.9. The summed E-state index contributed by atoms with van der Waals surface area (Å²) in [5.74, 6) is 0. The topological polar surface area (TPSA) is 36.9 Å². The molecule has 0 fully saturated rings. The molecular weight excluding hydrogens is 718 g/mol. The minimum absolute atomic E-state index is 0. The first-order chi connectivity index (χ1) is 17.5. The molecule has 8 heteroatoms. The van der Waals surface area contributed by atoms with E-state index in [-0.39, 0.29) is 53.4 Å². The van der Waals surface area contributed by atoms with Crippen LogP contribution in [-0.4, -0.2) is 117 Å². The van der Waals surface area contributed by atoms with Gasteiger partial charge < -0.3 is 75.9 Å². The summed E-state index contributed by atoms with van der Waals surface area (Å²) < 4.78 is 26.9. The van der Waals surface area contributed by atoms with Gasteiger partial charge in [0.1, 0.15) is 13.1 Å². The Kier molecular flexibility index (Phi) is 32.1. The standard InChI is InChI=1S/C31H68N2O4.2HI/c1-9-11-13-15-17-19-23-34-27-31(29-36-25-21-32(3,4)5,30-37-26-22-33(6,7)8)28-35-24-20-18-16-14-12-10-2;;/h9-30H2,1-8H3;2*1H/q+2;;/p-2. The van der Waals surface area contributed by atoms with Crippen molar-refractivity contribution in [1.82, 2.24) is 0 Å². The van der Waals surface area contributed by atoms with Gasteiger partial charge in [-0.25, -0.2) is 0 Å². The number of halogens is 2. The molecule has 0 aliphatic heterocycles. The minimum atomic E-state index is -0.264. The van der Waals surface area contributed by atoms with E-state index in [0.29, 0.717) is 26.4 Å². The van der Waals surface area contributed by atoms with E-state index in [2.05, 4.69) is 56.1 Å². The molecular formula is C31H68I2N2O4. The summed E-state index contributed by atoms with van der Waals surface area (Å²) >= 11 is 0. The van der Waals surface area contributed by atoms with Gasteiger partial charge in [0.25, 0.3) is 0 Å². The summed E-state index contributed by atoms with van der Waals surface area (Å²) in [7, 11) is 13.2. The van der Waals surface area contributed by atoms with Gasteiger partial charge in [-0.2, -0.15) is 0 Å². The van der Waals surface area contributed by atoms with Crippen molar-refractivity contribution in [3.63, 3.8) is 0 Å². The minimum Gasteiger partial charge on any atom is -1.00 e. The lowest BCUT2D eigenvalue weighted by Gasteiger charge is -2.34. The summed E-state index contributed by atoms with van der Waals surface area (Å²) in [4.78, 5) is 0. The first-order valence-corrected chi connectivity index (χ1v) is 15.5. The molecule has 0 bridgehead atoms. The molecule has 0 N–H and O–H groups in total. The van der Waals surface area contributed by atoms with Crippen LogP contribution in [0.1, 0.15) is 90.9 Å². The second kappa shape index (κ2) is 28.0. The van der Waals surface area contributed by atoms with Gasteiger partial charge in [0.2, 0.25) is 0 Å². The van der Waals surface area contributed by atoms with Crippen LogP contribution >= 0.6 is 0 Å². The Balaban J connectivity index is -0.00000648. The van der Waals surface area contributed by atoms with Gasteiger partial charge in [0, 0.05) is 13.2 Å². The molecule has 0 amide bonds. The summed E-state index contributed by atoms with van der Waals surface area (Å²) in [5.41, 5.74) is -0.264. The smallest absolute Gasteiger partial charge is 0.102 e. The van der Waals surface area contributed by atoms with Crippen molar-refractivity contribution in [2.45, 2.75) is 90.9 Å². The number of quaternary nitrogens is 2. The Hall–Kier alpha value is 1.22. The molecule has 0 radical (unpaired) electrons. The second-order valence-electron chi connectivity index (χ2n) is 13.3. The highest BCUT2D eigenvalue weighted by Crippen LogP contribution is 2.22. The van der Waals surface area contributed by atoms with E-state index in [1.807, 2.05) is 0 Å². The molecule has 0 spiro atoms. The number of ether oxygens (including phenoxy) is 4. The summed E-state index contributed by atoms with van der Waals surface area (Å²) in [6, 6.07) is 0. The molecule has 39 heavy (non-hydrogen) atoms. The molecule has 0 atom stereocenters. The molecule has 0 aromatic heterocycles. The Bertz CT molecular complexity index is 456. The van der Waals surface area contributed by atoms with Crippen LogP contribution in [0.2, 0.25) is 0 Å². The Morgan fingerprint density at radius 1 is 0.410 bits per heavy atom. The third-order valence-corrected chi connectivity index (χ3v) is 6.73. The summed E-state index contributed by atoms with van der Waals surface area (Å²) in [6.45, 7) is 12.1. The highest BCUT2D eigenvalue weighted by atomic mass is 127. The first kappa shape index (κ1) is 44.7. The predicted octanol–water partition coefficient (Wildman–Crippen LogP) is 0.181.